The molecule has 144 valence electrons. The van der Waals surface area contributed by atoms with Gasteiger partial charge in [-0.15, -0.1) is 0 Å². The Bertz CT molecular complexity index is 861. The summed E-state index contributed by atoms with van der Waals surface area (Å²) in [4.78, 5) is 21.0. The Hall–Kier alpha value is -2.68. The SMILES string of the molecule is COCCOC(=O)C1C(C)=Nc2nccn2C1c1ccccc1C(F)(F)F. The highest BCUT2D eigenvalue weighted by Gasteiger charge is 2.43. The number of methoxy groups -OCH3 is 1. The highest BCUT2D eigenvalue weighted by atomic mass is 19.4. The molecule has 0 radical (unpaired) electrons. The van der Waals surface area contributed by atoms with E-state index in [1.165, 1.54) is 42.3 Å². The molecular weight excluding hydrogens is 363 g/mol. The topological polar surface area (TPSA) is 65.7 Å². The van der Waals surface area contributed by atoms with Crippen LogP contribution >= 0.6 is 0 Å². The van der Waals surface area contributed by atoms with Crippen LogP contribution in [0.3, 0.4) is 0 Å². The number of fused-ring (bicyclic) bond motifs is 1. The van der Waals surface area contributed by atoms with Gasteiger partial charge in [-0.25, -0.2) is 9.98 Å². The summed E-state index contributed by atoms with van der Waals surface area (Å²) in [7, 11) is 1.46. The van der Waals surface area contributed by atoms with Gasteiger partial charge in [0, 0.05) is 25.2 Å². The van der Waals surface area contributed by atoms with Crippen molar-refractivity contribution in [2.45, 2.75) is 19.1 Å². The van der Waals surface area contributed by atoms with Crippen LogP contribution in [-0.2, 0) is 20.4 Å². The average Bonchev–Trinajstić information content (AvgIpc) is 3.07. The Morgan fingerprint density at radius 2 is 2.00 bits per heavy atom. The Morgan fingerprint density at radius 1 is 1.26 bits per heavy atom. The Morgan fingerprint density at radius 3 is 2.70 bits per heavy atom. The van der Waals surface area contributed by atoms with Crippen molar-refractivity contribution < 1.29 is 27.4 Å². The molecule has 27 heavy (non-hydrogen) atoms. The number of aliphatic imine (C=N–C) groups is 1. The molecule has 2 aromatic rings. The van der Waals surface area contributed by atoms with Crippen molar-refractivity contribution in [1.82, 2.24) is 9.55 Å². The highest BCUT2D eigenvalue weighted by Crippen LogP contribution is 2.42. The van der Waals surface area contributed by atoms with Crippen molar-refractivity contribution in [3.63, 3.8) is 0 Å². The van der Waals surface area contributed by atoms with Gasteiger partial charge in [-0.1, -0.05) is 18.2 Å². The van der Waals surface area contributed by atoms with E-state index in [9.17, 15) is 18.0 Å². The molecule has 2 atom stereocenters. The predicted octanol–water partition coefficient (Wildman–Crippen LogP) is 3.40. The third-order valence-electron chi connectivity index (χ3n) is 4.36. The minimum Gasteiger partial charge on any atom is -0.463 e. The molecular formula is C18H18F3N3O3. The van der Waals surface area contributed by atoms with Gasteiger partial charge in [-0.2, -0.15) is 13.2 Å². The van der Waals surface area contributed by atoms with Gasteiger partial charge in [0.1, 0.15) is 12.5 Å². The van der Waals surface area contributed by atoms with Gasteiger partial charge in [0.25, 0.3) is 0 Å². The van der Waals surface area contributed by atoms with Crippen LogP contribution < -0.4 is 0 Å². The number of rotatable bonds is 5. The third-order valence-corrected chi connectivity index (χ3v) is 4.36. The number of hydrogen-bond donors (Lipinski definition) is 0. The number of ether oxygens (including phenoxy) is 2. The van der Waals surface area contributed by atoms with Gasteiger partial charge in [0.05, 0.1) is 18.2 Å². The molecule has 2 unspecified atom stereocenters. The largest absolute Gasteiger partial charge is 0.463 e. The van der Waals surface area contributed by atoms with Crippen LogP contribution in [0.15, 0.2) is 41.7 Å². The zero-order valence-corrected chi connectivity index (χ0v) is 14.7. The number of imidazole rings is 1. The van der Waals surface area contributed by atoms with E-state index in [0.29, 0.717) is 5.71 Å². The fourth-order valence-corrected chi connectivity index (χ4v) is 3.18. The van der Waals surface area contributed by atoms with Crippen molar-refractivity contribution in [3.05, 3.63) is 47.8 Å². The minimum atomic E-state index is -4.57. The highest BCUT2D eigenvalue weighted by molar-refractivity contribution is 6.03. The van der Waals surface area contributed by atoms with Crippen LogP contribution in [0.25, 0.3) is 0 Å². The normalized spacial score (nSPS) is 19.4. The van der Waals surface area contributed by atoms with E-state index >= 15 is 0 Å². The summed E-state index contributed by atoms with van der Waals surface area (Å²) in [5.74, 6) is -1.42. The Labute approximate surface area is 153 Å². The van der Waals surface area contributed by atoms with Crippen LogP contribution in [0.1, 0.15) is 24.1 Å². The number of aromatic nitrogens is 2. The van der Waals surface area contributed by atoms with Crippen molar-refractivity contribution >= 4 is 17.6 Å². The smallest absolute Gasteiger partial charge is 0.416 e. The van der Waals surface area contributed by atoms with Gasteiger partial charge in [0.15, 0.2) is 0 Å². The van der Waals surface area contributed by atoms with E-state index in [4.69, 9.17) is 9.47 Å². The van der Waals surface area contributed by atoms with Gasteiger partial charge in [-0.05, 0) is 18.6 Å². The van der Waals surface area contributed by atoms with E-state index in [2.05, 4.69) is 9.98 Å². The first-order valence-corrected chi connectivity index (χ1v) is 8.24. The first kappa shape index (κ1) is 19.1. The summed E-state index contributed by atoms with van der Waals surface area (Å²) in [5, 5.41) is 0. The second kappa shape index (κ2) is 7.51. The van der Waals surface area contributed by atoms with Crippen molar-refractivity contribution in [2.24, 2.45) is 10.9 Å². The number of esters is 1. The number of nitrogens with zero attached hydrogens (tertiary/aromatic N) is 3. The molecule has 1 aromatic carbocycles. The molecule has 0 spiro atoms. The molecule has 0 saturated carbocycles. The van der Waals surface area contributed by atoms with Crippen LogP contribution in [0.5, 0.6) is 0 Å². The number of carbonyl (C=O) groups excluding carboxylic acids is 1. The number of alkyl halides is 3. The maximum absolute atomic E-state index is 13.6. The molecule has 0 bridgehead atoms. The standard InChI is InChI=1S/C18H18F3N3O3/c1-11-14(16(25)27-10-9-26-2)15(24-8-7-22-17(24)23-11)12-5-3-4-6-13(12)18(19,20)21/h3-8,14-15H,9-10H2,1-2H3. The molecule has 2 heterocycles. The summed E-state index contributed by atoms with van der Waals surface area (Å²) in [5.41, 5.74) is -0.496. The number of halogens is 3. The van der Waals surface area contributed by atoms with Gasteiger partial charge in [0.2, 0.25) is 5.95 Å². The van der Waals surface area contributed by atoms with E-state index < -0.39 is 29.7 Å². The van der Waals surface area contributed by atoms with Crippen LogP contribution in [0, 0.1) is 5.92 Å². The first-order valence-electron chi connectivity index (χ1n) is 8.24. The fourth-order valence-electron chi connectivity index (χ4n) is 3.18. The maximum atomic E-state index is 13.6. The van der Waals surface area contributed by atoms with Crippen molar-refractivity contribution in [2.75, 3.05) is 20.3 Å². The number of benzene rings is 1. The molecule has 0 saturated heterocycles. The average molecular weight is 381 g/mol. The molecule has 1 aliphatic heterocycles. The van der Waals surface area contributed by atoms with Crippen LogP contribution in [0.4, 0.5) is 19.1 Å². The maximum Gasteiger partial charge on any atom is 0.416 e. The number of carbonyl (C=O) groups is 1. The molecule has 1 aliphatic rings. The zero-order valence-electron chi connectivity index (χ0n) is 14.7. The molecule has 0 aliphatic carbocycles. The predicted molar refractivity (Wildman–Crippen MR) is 90.9 cm³/mol. The van der Waals surface area contributed by atoms with Crippen molar-refractivity contribution in [3.8, 4) is 0 Å². The molecule has 0 N–H and O–H groups in total. The minimum absolute atomic E-state index is 0.00351. The number of hydrogen-bond acceptors (Lipinski definition) is 5. The lowest BCUT2D eigenvalue weighted by atomic mass is 9.85. The van der Waals surface area contributed by atoms with E-state index in [0.717, 1.165) is 6.07 Å². The summed E-state index contributed by atoms with van der Waals surface area (Å²) in [6.07, 6.45) is -1.61. The first-order chi connectivity index (χ1) is 12.8. The van der Waals surface area contributed by atoms with Gasteiger partial charge < -0.3 is 14.0 Å². The quantitative estimate of drug-likeness (QED) is 0.588. The van der Waals surface area contributed by atoms with Crippen LogP contribution in [-0.4, -0.2) is 41.6 Å². The van der Waals surface area contributed by atoms with Crippen LogP contribution in [0.2, 0.25) is 0 Å². The summed E-state index contributed by atoms with van der Waals surface area (Å²) in [6.45, 7) is 1.78. The molecule has 3 rings (SSSR count). The molecule has 0 fully saturated rings. The second-order valence-corrected chi connectivity index (χ2v) is 6.06. The summed E-state index contributed by atoms with van der Waals surface area (Å²) in [6, 6.07) is 4.23. The molecule has 6 nitrogen and oxygen atoms in total. The lowest BCUT2D eigenvalue weighted by molar-refractivity contribution is -0.149. The second-order valence-electron chi connectivity index (χ2n) is 6.06. The summed E-state index contributed by atoms with van der Waals surface area (Å²) >= 11 is 0. The molecule has 1 aromatic heterocycles. The Kier molecular flexibility index (Phi) is 5.31. The third kappa shape index (κ3) is 3.73. The zero-order chi connectivity index (χ0) is 19.6. The summed E-state index contributed by atoms with van der Waals surface area (Å²) < 4.78 is 52.3. The lowest BCUT2D eigenvalue weighted by Crippen LogP contribution is -2.37. The Balaban J connectivity index is 2.10. The molecule has 0 amide bonds. The van der Waals surface area contributed by atoms with Gasteiger partial charge >= 0.3 is 12.1 Å². The molecule has 9 heteroatoms. The van der Waals surface area contributed by atoms with E-state index in [-0.39, 0.29) is 24.7 Å². The van der Waals surface area contributed by atoms with E-state index in [1.807, 2.05) is 0 Å². The van der Waals surface area contributed by atoms with Gasteiger partial charge in [-0.3, -0.25) is 4.79 Å². The van der Waals surface area contributed by atoms with E-state index in [1.54, 1.807) is 6.92 Å². The lowest BCUT2D eigenvalue weighted by Gasteiger charge is -2.32. The monoisotopic (exact) mass is 381 g/mol. The van der Waals surface area contributed by atoms with Crippen molar-refractivity contribution in [1.29, 1.82) is 0 Å². The fraction of sp³-hybridized carbons (Fsp3) is 0.389.